The lowest BCUT2D eigenvalue weighted by molar-refractivity contribution is -0.121. The Hall–Kier alpha value is -3.25. The number of likely N-dealkylation sites (tertiary alicyclic amines) is 1. The van der Waals surface area contributed by atoms with E-state index in [4.69, 9.17) is 0 Å². The second-order valence-corrected chi connectivity index (χ2v) is 8.83. The lowest BCUT2D eigenvalue weighted by Crippen LogP contribution is -2.43. The van der Waals surface area contributed by atoms with Crippen LogP contribution in [0.3, 0.4) is 0 Å². The third kappa shape index (κ3) is 5.92. The number of urea groups is 1. The van der Waals surface area contributed by atoms with Gasteiger partial charge in [0.25, 0.3) is 0 Å². The Bertz CT molecular complexity index is 1040. The maximum atomic E-state index is 12.9. The smallest absolute Gasteiger partial charge is 0.321 e. The quantitative estimate of drug-likeness (QED) is 0.467. The number of carbonyl (C=O) groups is 2. The summed E-state index contributed by atoms with van der Waals surface area (Å²) in [5.74, 6) is 0.784. The zero-order chi connectivity index (χ0) is 22.2. The monoisotopic (exact) mass is 445 g/mol. The molecule has 0 unspecified atom stereocenters. The van der Waals surface area contributed by atoms with E-state index in [9.17, 15) is 9.59 Å². The topological polar surface area (TPSA) is 61.4 Å². The molecule has 2 N–H and O–H groups in total. The SMILES string of the molecule is O=C(Nc1ccccc1SCc1ccccc1)C1CCN(C(=O)Nc2ccccc2)CC1. The van der Waals surface area contributed by atoms with Gasteiger partial charge in [0.1, 0.15) is 0 Å². The van der Waals surface area contributed by atoms with E-state index in [2.05, 4.69) is 22.8 Å². The number of carbonyl (C=O) groups excluding carboxylic acids is 2. The molecule has 1 aliphatic heterocycles. The van der Waals surface area contributed by atoms with E-state index >= 15 is 0 Å². The molecular weight excluding hydrogens is 418 g/mol. The zero-order valence-electron chi connectivity index (χ0n) is 17.9. The number of nitrogens with one attached hydrogen (secondary N) is 2. The summed E-state index contributed by atoms with van der Waals surface area (Å²) in [6.45, 7) is 1.14. The number of nitrogens with zero attached hydrogens (tertiary/aromatic N) is 1. The van der Waals surface area contributed by atoms with Crippen molar-refractivity contribution in [3.8, 4) is 0 Å². The molecule has 0 spiro atoms. The van der Waals surface area contributed by atoms with Gasteiger partial charge in [0.15, 0.2) is 0 Å². The maximum absolute atomic E-state index is 12.9. The number of piperidine rings is 1. The van der Waals surface area contributed by atoms with Crippen molar-refractivity contribution in [2.45, 2.75) is 23.5 Å². The molecule has 5 nitrogen and oxygen atoms in total. The normalized spacial score (nSPS) is 14.1. The molecule has 1 fully saturated rings. The summed E-state index contributed by atoms with van der Waals surface area (Å²) >= 11 is 1.72. The molecule has 6 heteroatoms. The average molecular weight is 446 g/mol. The van der Waals surface area contributed by atoms with E-state index in [0.717, 1.165) is 22.0 Å². The van der Waals surface area contributed by atoms with Gasteiger partial charge in [0.05, 0.1) is 5.69 Å². The molecule has 3 amide bonds. The molecule has 1 aliphatic rings. The molecule has 32 heavy (non-hydrogen) atoms. The van der Waals surface area contributed by atoms with Crippen molar-refractivity contribution in [2.75, 3.05) is 23.7 Å². The summed E-state index contributed by atoms with van der Waals surface area (Å²) in [5.41, 5.74) is 2.88. The molecule has 1 saturated heterocycles. The van der Waals surface area contributed by atoms with Crippen LogP contribution < -0.4 is 10.6 Å². The Balaban J connectivity index is 1.29. The van der Waals surface area contributed by atoms with Gasteiger partial charge in [0.2, 0.25) is 5.91 Å². The minimum absolute atomic E-state index is 0.0286. The first-order valence-corrected chi connectivity index (χ1v) is 11.9. The van der Waals surface area contributed by atoms with Crippen molar-refractivity contribution in [2.24, 2.45) is 5.92 Å². The van der Waals surface area contributed by atoms with Gasteiger partial charge < -0.3 is 15.5 Å². The van der Waals surface area contributed by atoms with Crippen LogP contribution in [0, 0.1) is 5.92 Å². The zero-order valence-corrected chi connectivity index (χ0v) is 18.7. The van der Waals surface area contributed by atoms with Crippen molar-refractivity contribution < 1.29 is 9.59 Å². The molecule has 3 aromatic carbocycles. The fourth-order valence-electron chi connectivity index (χ4n) is 3.73. The summed E-state index contributed by atoms with van der Waals surface area (Å²) in [5, 5.41) is 6.04. The standard InChI is InChI=1S/C26H27N3O2S/c30-25(21-15-17-29(18-16-21)26(31)27-22-11-5-2-6-12-22)28-23-13-7-8-14-24(23)32-19-20-9-3-1-4-10-20/h1-14,21H,15-19H2,(H,27,31)(H,28,30). The van der Waals surface area contributed by atoms with Crippen LogP contribution in [0.1, 0.15) is 18.4 Å². The van der Waals surface area contributed by atoms with Crippen LogP contribution >= 0.6 is 11.8 Å². The van der Waals surface area contributed by atoms with Gasteiger partial charge in [-0.25, -0.2) is 4.79 Å². The molecule has 0 saturated carbocycles. The van der Waals surface area contributed by atoms with Gasteiger partial charge in [-0.3, -0.25) is 4.79 Å². The average Bonchev–Trinajstić information content (AvgIpc) is 2.85. The largest absolute Gasteiger partial charge is 0.325 e. The second kappa shape index (κ2) is 10.9. The number of rotatable bonds is 6. The highest BCUT2D eigenvalue weighted by Crippen LogP contribution is 2.31. The Morgan fingerprint density at radius 2 is 1.44 bits per heavy atom. The first-order valence-electron chi connectivity index (χ1n) is 10.9. The number of hydrogen-bond donors (Lipinski definition) is 2. The molecular formula is C26H27N3O2S. The van der Waals surface area contributed by atoms with Crippen molar-refractivity contribution in [1.29, 1.82) is 0 Å². The molecule has 0 bridgehead atoms. The van der Waals surface area contributed by atoms with E-state index in [1.54, 1.807) is 16.7 Å². The number of para-hydroxylation sites is 2. The Kier molecular flexibility index (Phi) is 7.46. The summed E-state index contributed by atoms with van der Waals surface area (Å²) in [4.78, 5) is 28.2. The molecule has 0 aliphatic carbocycles. The van der Waals surface area contributed by atoms with Crippen molar-refractivity contribution in [3.63, 3.8) is 0 Å². The van der Waals surface area contributed by atoms with E-state index in [1.807, 2.05) is 72.8 Å². The Morgan fingerprint density at radius 3 is 2.16 bits per heavy atom. The maximum Gasteiger partial charge on any atom is 0.321 e. The summed E-state index contributed by atoms with van der Waals surface area (Å²) in [7, 11) is 0. The number of thioether (sulfide) groups is 1. The van der Waals surface area contributed by atoms with Crippen molar-refractivity contribution >= 4 is 35.1 Å². The highest BCUT2D eigenvalue weighted by atomic mass is 32.2. The number of hydrogen-bond acceptors (Lipinski definition) is 3. The third-order valence-corrected chi connectivity index (χ3v) is 6.70. The number of benzene rings is 3. The number of amides is 3. The summed E-state index contributed by atoms with van der Waals surface area (Å²) in [6, 6.07) is 27.5. The van der Waals surface area contributed by atoms with Crippen LogP contribution in [-0.2, 0) is 10.5 Å². The molecule has 0 atom stereocenters. The first-order chi connectivity index (χ1) is 15.7. The fourth-order valence-corrected chi connectivity index (χ4v) is 4.70. The molecule has 164 valence electrons. The van der Waals surface area contributed by atoms with Crippen LogP contribution in [0.4, 0.5) is 16.2 Å². The molecule has 0 aromatic heterocycles. The molecule has 4 rings (SSSR count). The highest BCUT2D eigenvalue weighted by molar-refractivity contribution is 7.98. The van der Waals surface area contributed by atoms with Crippen LogP contribution in [0.2, 0.25) is 0 Å². The minimum Gasteiger partial charge on any atom is -0.325 e. The Labute approximate surface area is 193 Å². The van der Waals surface area contributed by atoms with E-state index in [0.29, 0.717) is 25.9 Å². The van der Waals surface area contributed by atoms with Gasteiger partial charge in [-0.05, 0) is 42.7 Å². The third-order valence-electron chi connectivity index (χ3n) is 5.56. The highest BCUT2D eigenvalue weighted by Gasteiger charge is 2.27. The summed E-state index contributed by atoms with van der Waals surface area (Å²) in [6.07, 6.45) is 1.32. The van der Waals surface area contributed by atoms with Crippen LogP contribution in [0.25, 0.3) is 0 Å². The number of anilines is 2. The second-order valence-electron chi connectivity index (χ2n) is 7.82. The Morgan fingerprint density at radius 1 is 0.812 bits per heavy atom. The lowest BCUT2D eigenvalue weighted by Gasteiger charge is -2.31. The first kappa shape index (κ1) is 22.0. The fraction of sp³-hybridized carbons (Fsp3) is 0.231. The molecule has 0 radical (unpaired) electrons. The van der Waals surface area contributed by atoms with Crippen LogP contribution in [-0.4, -0.2) is 29.9 Å². The lowest BCUT2D eigenvalue weighted by atomic mass is 9.96. The predicted molar refractivity (Wildman–Crippen MR) is 131 cm³/mol. The predicted octanol–water partition coefficient (Wildman–Crippen LogP) is 5.86. The van der Waals surface area contributed by atoms with Crippen molar-refractivity contribution in [3.05, 3.63) is 90.5 Å². The molecule has 1 heterocycles. The van der Waals surface area contributed by atoms with Crippen molar-refractivity contribution in [1.82, 2.24) is 4.90 Å². The molecule has 3 aromatic rings. The van der Waals surface area contributed by atoms with Gasteiger partial charge >= 0.3 is 6.03 Å². The van der Waals surface area contributed by atoms with Crippen LogP contribution in [0.15, 0.2) is 89.8 Å². The van der Waals surface area contributed by atoms with Crippen LogP contribution in [0.5, 0.6) is 0 Å². The van der Waals surface area contributed by atoms with Gasteiger partial charge in [-0.1, -0.05) is 60.7 Å². The van der Waals surface area contributed by atoms with E-state index < -0.39 is 0 Å². The summed E-state index contributed by atoms with van der Waals surface area (Å²) < 4.78 is 0. The minimum atomic E-state index is -0.113. The van der Waals surface area contributed by atoms with Gasteiger partial charge in [0, 0.05) is 35.3 Å². The van der Waals surface area contributed by atoms with Gasteiger partial charge in [-0.2, -0.15) is 0 Å². The van der Waals surface area contributed by atoms with E-state index in [-0.39, 0.29) is 17.9 Å². The van der Waals surface area contributed by atoms with Gasteiger partial charge in [-0.15, -0.1) is 11.8 Å². The van der Waals surface area contributed by atoms with E-state index in [1.165, 1.54) is 5.56 Å².